The van der Waals surface area contributed by atoms with Gasteiger partial charge in [0.1, 0.15) is 0 Å². The molecule has 3 fully saturated rings. The highest BCUT2D eigenvalue weighted by molar-refractivity contribution is 8.00. The number of hydrogen-bond donors (Lipinski definition) is 1. The van der Waals surface area contributed by atoms with Gasteiger partial charge in [-0.3, -0.25) is 0 Å². The van der Waals surface area contributed by atoms with Crippen LogP contribution in [0.1, 0.15) is 62.3 Å². The van der Waals surface area contributed by atoms with E-state index in [1.807, 2.05) is 0 Å². The number of rotatable bonds is 0. The maximum Gasteiger partial charge on any atom is 0.0521 e. The van der Waals surface area contributed by atoms with Crippen molar-refractivity contribution in [2.75, 3.05) is 37.8 Å². The van der Waals surface area contributed by atoms with Gasteiger partial charge in [-0.1, -0.05) is 62.3 Å². The molecule has 0 aromatic rings. The summed E-state index contributed by atoms with van der Waals surface area (Å²) in [4.78, 5) is 0. The summed E-state index contributed by atoms with van der Waals surface area (Å²) in [7, 11) is 0. The molecule has 0 unspecified atom stereocenters. The highest BCUT2D eigenvalue weighted by Crippen LogP contribution is 2.38. The summed E-state index contributed by atoms with van der Waals surface area (Å²) in [6, 6.07) is 0. The molecular weight excluding hydrogens is 314 g/mol. The van der Waals surface area contributed by atoms with Gasteiger partial charge in [0.05, 0.1) is 13.2 Å². The Morgan fingerprint density at radius 2 is 1.08 bits per heavy atom. The predicted molar refractivity (Wildman–Crippen MR) is 110 cm³/mol. The van der Waals surface area contributed by atoms with Crippen molar-refractivity contribution in [1.29, 1.82) is 0 Å². The lowest BCUT2D eigenvalue weighted by Crippen LogP contribution is -2.48. The van der Waals surface area contributed by atoms with Crippen molar-refractivity contribution in [3.8, 4) is 0 Å². The molecule has 144 valence electrons. The Morgan fingerprint density at radius 1 is 0.667 bits per heavy atom. The minimum Gasteiger partial charge on any atom is -0.381 e. The Hall–Kier alpha value is 0.270. The van der Waals surface area contributed by atoms with E-state index in [0.717, 1.165) is 31.0 Å². The highest BCUT2D eigenvalue weighted by Gasteiger charge is 2.31. The Kier molecular flexibility index (Phi) is 8.16. The normalized spacial score (nSPS) is 22.9. The third-order valence-corrected chi connectivity index (χ3v) is 7.01. The second-order valence-corrected chi connectivity index (χ2v) is 12.0. The van der Waals surface area contributed by atoms with Gasteiger partial charge < -0.3 is 10.1 Å². The van der Waals surface area contributed by atoms with E-state index in [-0.39, 0.29) is 0 Å². The third-order valence-electron chi connectivity index (χ3n) is 5.73. The monoisotopic (exact) mass is 357 g/mol. The molecule has 0 aromatic carbocycles. The van der Waals surface area contributed by atoms with E-state index in [0.29, 0.717) is 16.2 Å². The smallest absolute Gasteiger partial charge is 0.0521 e. The van der Waals surface area contributed by atoms with Crippen molar-refractivity contribution in [3.05, 3.63) is 0 Å². The van der Waals surface area contributed by atoms with Crippen LogP contribution in [0.5, 0.6) is 0 Å². The van der Waals surface area contributed by atoms with Crippen molar-refractivity contribution in [3.63, 3.8) is 0 Å². The topological polar surface area (TPSA) is 21.3 Å². The van der Waals surface area contributed by atoms with Gasteiger partial charge >= 0.3 is 0 Å². The van der Waals surface area contributed by atoms with E-state index in [2.05, 4.69) is 79.4 Å². The van der Waals surface area contributed by atoms with E-state index in [1.54, 1.807) is 0 Å². The minimum atomic E-state index is 0.470. The lowest BCUT2D eigenvalue weighted by atomic mass is 9.77. The van der Waals surface area contributed by atoms with Crippen LogP contribution in [0.2, 0.25) is 0 Å². The van der Waals surface area contributed by atoms with Crippen LogP contribution in [0.4, 0.5) is 0 Å². The van der Waals surface area contributed by atoms with Crippen molar-refractivity contribution < 1.29 is 4.74 Å². The molecule has 0 aliphatic carbocycles. The first-order valence-corrected chi connectivity index (χ1v) is 10.8. The molecule has 3 saturated heterocycles. The zero-order chi connectivity index (χ0) is 18.6. The molecule has 0 amide bonds. The minimum absolute atomic E-state index is 0.470. The summed E-state index contributed by atoms with van der Waals surface area (Å²) in [6.45, 7) is 25.1. The van der Waals surface area contributed by atoms with E-state index in [1.165, 1.54) is 24.6 Å². The molecule has 0 aromatic heterocycles. The maximum absolute atomic E-state index is 5.06. The van der Waals surface area contributed by atoms with E-state index in [4.69, 9.17) is 4.74 Å². The summed E-state index contributed by atoms with van der Waals surface area (Å²) in [5.74, 6) is 5.50. The summed E-state index contributed by atoms with van der Waals surface area (Å²) in [5, 5.41) is 3.27. The average Bonchev–Trinajstić information content (AvgIpc) is 1.98. The van der Waals surface area contributed by atoms with Crippen LogP contribution in [0.3, 0.4) is 0 Å². The first kappa shape index (κ1) is 22.3. The van der Waals surface area contributed by atoms with Gasteiger partial charge in [0.15, 0.2) is 0 Å². The Bertz CT molecular complexity index is 292. The Labute approximate surface area is 156 Å². The first-order chi connectivity index (χ1) is 10.8. The van der Waals surface area contributed by atoms with Crippen molar-refractivity contribution in [1.82, 2.24) is 5.32 Å². The standard InChI is InChI=1S/C7H15N.C7H14O.C7H14S/c3*1-7(2,3)6-4-8-5-6/h6,8H,4-5H2,1-3H3;2*6H,4-5H2,1-3H3. The van der Waals surface area contributed by atoms with Crippen LogP contribution in [0.15, 0.2) is 0 Å². The summed E-state index contributed by atoms with van der Waals surface area (Å²) in [6.07, 6.45) is 0. The van der Waals surface area contributed by atoms with Gasteiger partial charge in [0.2, 0.25) is 0 Å². The Balaban J connectivity index is 0.000000180. The van der Waals surface area contributed by atoms with Crippen LogP contribution in [-0.2, 0) is 4.74 Å². The third kappa shape index (κ3) is 7.66. The van der Waals surface area contributed by atoms with Crippen molar-refractivity contribution in [2.24, 2.45) is 34.0 Å². The summed E-state index contributed by atoms with van der Waals surface area (Å²) < 4.78 is 5.06. The maximum atomic E-state index is 5.06. The van der Waals surface area contributed by atoms with Crippen LogP contribution < -0.4 is 5.32 Å². The molecule has 3 heterocycles. The first-order valence-electron chi connectivity index (χ1n) is 9.68. The van der Waals surface area contributed by atoms with Crippen molar-refractivity contribution >= 4 is 11.8 Å². The zero-order valence-corrected chi connectivity index (χ0v) is 18.6. The van der Waals surface area contributed by atoms with Gasteiger partial charge in [-0.2, -0.15) is 11.8 Å². The van der Waals surface area contributed by atoms with Crippen LogP contribution in [0.25, 0.3) is 0 Å². The quantitative estimate of drug-likeness (QED) is 0.633. The molecule has 0 saturated carbocycles. The molecule has 0 spiro atoms. The zero-order valence-electron chi connectivity index (χ0n) is 17.8. The predicted octanol–water partition coefficient (Wildman–Crippen LogP) is 5.33. The molecule has 0 atom stereocenters. The second kappa shape index (κ2) is 8.77. The summed E-state index contributed by atoms with van der Waals surface area (Å²) in [5.41, 5.74) is 1.58. The van der Waals surface area contributed by atoms with Gasteiger partial charge in [-0.15, -0.1) is 0 Å². The molecular formula is C21H43NOS. The largest absolute Gasteiger partial charge is 0.381 e. The van der Waals surface area contributed by atoms with E-state index >= 15 is 0 Å². The van der Waals surface area contributed by atoms with E-state index < -0.39 is 0 Å². The Morgan fingerprint density at radius 3 is 1.08 bits per heavy atom. The number of hydrogen-bond acceptors (Lipinski definition) is 3. The van der Waals surface area contributed by atoms with Crippen LogP contribution in [0, 0.1) is 34.0 Å². The molecule has 0 radical (unpaired) electrons. The van der Waals surface area contributed by atoms with Crippen LogP contribution in [-0.4, -0.2) is 37.8 Å². The van der Waals surface area contributed by atoms with Crippen molar-refractivity contribution in [2.45, 2.75) is 62.3 Å². The number of ether oxygens (including phenoxy) is 1. The fraction of sp³-hybridized carbons (Fsp3) is 1.00. The van der Waals surface area contributed by atoms with Gasteiger partial charge in [-0.25, -0.2) is 0 Å². The molecule has 3 aliphatic heterocycles. The van der Waals surface area contributed by atoms with Gasteiger partial charge in [0, 0.05) is 5.92 Å². The lowest BCUT2D eigenvalue weighted by Gasteiger charge is -2.38. The number of thioether (sulfide) groups is 1. The SMILES string of the molecule is CC(C)(C)C1CNC1.CC(C)(C)C1COC1.CC(C)(C)C1CSC1. The fourth-order valence-electron chi connectivity index (χ4n) is 2.37. The van der Waals surface area contributed by atoms with Gasteiger partial charge in [-0.05, 0) is 52.7 Å². The highest BCUT2D eigenvalue weighted by atomic mass is 32.2. The molecule has 3 heteroatoms. The molecule has 2 nitrogen and oxygen atoms in total. The van der Waals surface area contributed by atoms with E-state index in [9.17, 15) is 0 Å². The van der Waals surface area contributed by atoms with Gasteiger partial charge in [0.25, 0.3) is 0 Å². The molecule has 3 aliphatic rings. The average molecular weight is 358 g/mol. The second-order valence-electron chi connectivity index (χ2n) is 10.9. The number of nitrogens with one attached hydrogen (secondary N) is 1. The molecule has 3 rings (SSSR count). The van der Waals surface area contributed by atoms with Crippen LogP contribution >= 0.6 is 11.8 Å². The summed E-state index contributed by atoms with van der Waals surface area (Å²) >= 11 is 2.07. The molecule has 24 heavy (non-hydrogen) atoms. The lowest BCUT2D eigenvalue weighted by molar-refractivity contribution is -0.0821. The molecule has 1 N–H and O–H groups in total. The molecule has 0 bridgehead atoms. The fourth-order valence-corrected chi connectivity index (χ4v) is 3.84.